The number of benzene rings is 1. The van der Waals surface area contributed by atoms with Crippen LogP contribution in [0.4, 0.5) is 0 Å². The van der Waals surface area contributed by atoms with Crippen molar-refractivity contribution < 1.29 is 4.79 Å². The van der Waals surface area contributed by atoms with Crippen LogP contribution in [0.5, 0.6) is 0 Å². The topological polar surface area (TPSA) is 41.5 Å². The third-order valence-corrected chi connectivity index (χ3v) is 5.55. The summed E-state index contributed by atoms with van der Waals surface area (Å²) in [5.74, 6) is 0.810. The Morgan fingerprint density at radius 1 is 1.29 bits per heavy atom. The number of Topliss-reactive ketones (excluding diaryl/α,β-unsaturated/α-hetero) is 1. The van der Waals surface area contributed by atoms with Crippen molar-refractivity contribution in [2.24, 2.45) is 4.99 Å². The zero-order valence-electron chi connectivity index (χ0n) is 11.9. The summed E-state index contributed by atoms with van der Waals surface area (Å²) in [6.07, 6.45) is 4.10. The van der Waals surface area contributed by atoms with Crippen LogP contribution in [-0.2, 0) is 10.2 Å². The first kappa shape index (κ1) is 14.9. The van der Waals surface area contributed by atoms with Gasteiger partial charge in [-0.05, 0) is 37.0 Å². The molecule has 0 bridgehead atoms. The van der Waals surface area contributed by atoms with Gasteiger partial charge in [0, 0.05) is 18.1 Å². The lowest BCUT2D eigenvalue weighted by Crippen LogP contribution is -2.44. The molecular weight excluding hydrogens is 304 g/mol. The van der Waals surface area contributed by atoms with Gasteiger partial charge in [-0.2, -0.15) is 0 Å². The highest BCUT2D eigenvalue weighted by atomic mass is 35.5. The number of ketones is 1. The molecular formula is C16H19ClN2OS. The third kappa shape index (κ3) is 3.11. The van der Waals surface area contributed by atoms with E-state index in [1.807, 2.05) is 24.3 Å². The largest absolute Gasteiger partial charge is 0.365 e. The number of carbonyl (C=O) groups is 1. The number of hydrogen-bond acceptors (Lipinski definition) is 4. The maximum atomic E-state index is 12.7. The van der Waals surface area contributed by atoms with Gasteiger partial charge in [0.1, 0.15) is 0 Å². The van der Waals surface area contributed by atoms with Crippen molar-refractivity contribution in [1.82, 2.24) is 5.32 Å². The summed E-state index contributed by atoms with van der Waals surface area (Å²) in [6, 6.07) is 7.76. The first-order valence-electron chi connectivity index (χ1n) is 7.41. The van der Waals surface area contributed by atoms with Gasteiger partial charge < -0.3 is 5.32 Å². The van der Waals surface area contributed by atoms with Gasteiger partial charge in [0.25, 0.3) is 0 Å². The van der Waals surface area contributed by atoms with Crippen LogP contribution >= 0.6 is 23.4 Å². The minimum absolute atomic E-state index is 0.285. The molecule has 3 rings (SSSR count). The third-order valence-electron chi connectivity index (χ3n) is 4.34. The summed E-state index contributed by atoms with van der Waals surface area (Å²) in [4.78, 5) is 17.1. The van der Waals surface area contributed by atoms with E-state index in [9.17, 15) is 4.79 Å². The fraction of sp³-hybridized carbons (Fsp3) is 0.500. The summed E-state index contributed by atoms with van der Waals surface area (Å²) >= 11 is 7.49. The normalized spacial score (nSPS) is 20.1. The second-order valence-corrected chi connectivity index (χ2v) is 7.02. The fourth-order valence-corrected chi connectivity index (χ4v) is 3.96. The molecule has 1 saturated carbocycles. The molecule has 0 radical (unpaired) electrons. The molecule has 5 heteroatoms. The van der Waals surface area contributed by atoms with Gasteiger partial charge >= 0.3 is 0 Å². The van der Waals surface area contributed by atoms with E-state index >= 15 is 0 Å². The molecule has 112 valence electrons. The van der Waals surface area contributed by atoms with Crippen molar-refractivity contribution in [3.63, 3.8) is 0 Å². The predicted octanol–water partition coefficient (Wildman–Crippen LogP) is 3.41. The van der Waals surface area contributed by atoms with E-state index in [1.165, 1.54) is 0 Å². The quantitative estimate of drug-likeness (QED) is 0.923. The number of carbonyl (C=O) groups excluding carboxylic acids is 1. The Labute approximate surface area is 134 Å². The van der Waals surface area contributed by atoms with Crippen LogP contribution < -0.4 is 5.32 Å². The van der Waals surface area contributed by atoms with E-state index in [2.05, 4.69) is 10.3 Å². The van der Waals surface area contributed by atoms with Crippen LogP contribution in [0.1, 0.15) is 31.2 Å². The Kier molecular flexibility index (Phi) is 4.55. The maximum Gasteiger partial charge on any atom is 0.156 e. The fourth-order valence-electron chi connectivity index (χ4n) is 2.91. The van der Waals surface area contributed by atoms with Crippen molar-refractivity contribution in [2.75, 3.05) is 18.8 Å². The van der Waals surface area contributed by atoms with Crippen LogP contribution in [0.2, 0.25) is 5.02 Å². The van der Waals surface area contributed by atoms with E-state index in [0.717, 1.165) is 54.5 Å². The average Bonchev–Trinajstić information content (AvgIpc) is 2.47. The molecule has 0 saturated heterocycles. The Balaban J connectivity index is 1.69. The maximum absolute atomic E-state index is 12.7. The molecule has 3 nitrogen and oxygen atoms in total. The molecule has 1 aromatic rings. The lowest BCUT2D eigenvalue weighted by atomic mass is 9.62. The first-order valence-corrected chi connectivity index (χ1v) is 8.77. The van der Waals surface area contributed by atoms with Gasteiger partial charge in [0.15, 0.2) is 11.0 Å². The molecule has 1 aromatic carbocycles. The van der Waals surface area contributed by atoms with Crippen LogP contribution in [-0.4, -0.2) is 29.8 Å². The number of thioether (sulfide) groups is 1. The van der Waals surface area contributed by atoms with Gasteiger partial charge in [-0.3, -0.25) is 9.79 Å². The van der Waals surface area contributed by atoms with E-state index in [4.69, 9.17) is 11.6 Å². The number of aliphatic imine (C=N–C) groups is 1. The number of hydrogen-bond donors (Lipinski definition) is 1. The molecule has 1 fully saturated rings. The smallest absolute Gasteiger partial charge is 0.156 e. The van der Waals surface area contributed by atoms with Gasteiger partial charge in [-0.1, -0.05) is 41.9 Å². The molecule has 1 aliphatic heterocycles. The Bertz CT molecular complexity index is 552. The zero-order chi connectivity index (χ0) is 14.7. The highest BCUT2D eigenvalue weighted by Gasteiger charge is 2.44. The molecule has 2 aliphatic rings. The standard InChI is InChI=1S/C16H19ClN2OS/c17-13-5-3-12(4-6-13)16(7-1-8-16)14(20)11-21-15-18-9-2-10-19-15/h3-6H,1-2,7-11H2,(H,18,19). The highest BCUT2D eigenvalue weighted by molar-refractivity contribution is 8.14. The average molecular weight is 323 g/mol. The summed E-state index contributed by atoms with van der Waals surface area (Å²) in [5, 5.41) is 4.89. The Morgan fingerprint density at radius 2 is 2.05 bits per heavy atom. The lowest BCUT2D eigenvalue weighted by Gasteiger charge is -2.41. The van der Waals surface area contributed by atoms with E-state index in [-0.39, 0.29) is 5.41 Å². The van der Waals surface area contributed by atoms with Gasteiger partial charge in [-0.25, -0.2) is 0 Å². The van der Waals surface area contributed by atoms with Crippen LogP contribution in [0.15, 0.2) is 29.3 Å². The van der Waals surface area contributed by atoms with Crippen molar-refractivity contribution in [3.8, 4) is 0 Å². The van der Waals surface area contributed by atoms with Crippen molar-refractivity contribution in [1.29, 1.82) is 0 Å². The van der Waals surface area contributed by atoms with Crippen molar-refractivity contribution in [3.05, 3.63) is 34.9 Å². The second kappa shape index (κ2) is 6.41. The lowest BCUT2D eigenvalue weighted by molar-refractivity contribution is -0.124. The molecule has 1 N–H and O–H groups in total. The summed E-state index contributed by atoms with van der Waals surface area (Å²) in [5.41, 5.74) is 0.828. The van der Waals surface area contributed by atoms with Gasteiger partial charge in [-0.15, -0.1) is 0 Å². The zero-order valence-corrected chi connectivity index (χ0v) is 13.5. The molecule has 1 heterocycles. The van der Waals surface area contributed by atoms with E-state index < -0.39 is 0 Å². The molecule has 21 heavy (non-hydrogen) atoms. The number of nitrogens with zero attached hydrogens (tertiary/aromatic N) is 1. The molecule has 1 aliphatic carbocycles. The number of nitrogens with one attached hydrogen (secondary N) is 1. The van der Waals surface area contributed by atoms with E-state index in [1.54, 1.807) is 11.8 Å². The van der Waals surface area contributed by atoms with Crippen LogP contribution in [0, 0.1) is 0 Å². The summed E-state index contributed by atoms with van der Waals surface area (Å²) in [6.45, 7) is 1.83. The number of amidine groups is 1. The SMILES string of the molecule is O=C(CSC1=NCCCN1)C1(c2ccc(Cl)cc2)CCC1. The molecule has 0 atom stereocenters. The summed E-state index contributed by atoms with van der Waals surface area (Å²) < 4.78 is 0. The van der Waals surface area contributed by atoms with Crippen LogP contribution in [0.25, 0.3) is 0 Å². The predicted molar refractivity (Wildman–Crippen MR) is 89.4 cm³/mol. The number of halogens is 1. The molecule has 0 amide bonds. The van der Waals surface area contributed by atoms with E-state index in [0.29, 0.717) is 11.5 Å². The van der Waals surface area contributed by atoms with Crippen molar-refractivity contribution in [2.45, 2.75) is 31.1 Å². The highest BCUT2D eigenvalue weighted by Crippen LogP contribution is 2.45. The minimum atomic E-state index is -0.285. The van der Waals surface area contributed by atoms with Gasteiger partial charge in [0.2, 0.25) is 0 Å². The van der Waals surface area contributed by atoms with Gasteiger partial charge in [0.05, 0.1) is 11.2 Å². The first-order chi connectivity index (χ1) is 10.2. The summed E-state index contributed by atoms with van der Waals surface area (Å²) in [7, 11) is 0. The second-order valence-electron chi connectivity index (χ2n) is 5.62. The Hall–Kier alpha value is -1.00. The van der Waals surface area contributed by atoms with Crippen LogP contribution in [0.3, 0.4) is 0 Å². The Morgan fingerprint density at radius 3 is 2.62 bits per heavy atom. The minimum Gasteiger partial charge on any atom is -0.365 e. The molecule has 0 spiro atoms. The van der Waals surface area contributed by atoms with Crippen molar-refractivity contribution >= 4 is 34.3 Å². The monoisotopic (exact) mass is 322 g/mol. The molecule has 0 unspecified atom stereocenters. The molecule has 0 aromatic heterocycles. The number of rotatable bonds is 4.